The first-order chi connectivity index (χ1) is 13.7. The van der Waals surface area contributed by atoms with Crippen molar-refractivity contribution in [1.82, 2.24) is 0 Å². The molecule has 28 heavy (non-hydrogen) atoms. The topological polar surface area (TPSA) is 15.7 Å². The van der Waals surface area contributed by atoms with Crippen LogP contribution < -0.4 is 14.5 Å². The van der Waals surface area contributed by atoms with Crippen molar-refractivity contribution >= 4 is 27.3 Å². The summed E-state index contributed by atoms with van der Waals surface area (Å²) in [6.07, 6.45) is 0.897. The lowest BCUT2D eigenvalue weighted by atomic mass is 10.2. The third kappa shape index (κ3) is 4.30. The van der Waals surface area contributed by atoms with Crippen LogP contribution in [-0.2, 0) is 6.54 Å². The number of halogens is 2. The second-order valence-corrected chi connectivity index (χ2v) is 7.69. The lowest BCUT2D eigenvalue weighted by Gasteiger charge is -2.22. The van der Waals surface area contributed by atoms with Gasteiger partial charge in [0.15, 0.2) is 0 Å². The summed E-state index contributed by atoms with van der Waals surface area (Å²) in [6, 6.07) is 23.1. The van der Waals surface area contributed by atoms with Gasteiger partial charge in [0.2, 0.25) is 0 Å². The van der Waals surface area contributed by atoms with Crippen LogP contribution in [0.2, 0.25) is 0 Å². The number of ether oxygens (including phenoxy) is 1. The molecule has 3 aromatic carbocycles. The Kier molecular flexibility index (Phi) is 5.81. The van der Waals surface area contributed by atoms with E-state index in [2.05, 4.69) is 68.2 Å². The largest absolute Gasteiger partial charge is 0.494 e. The second-order valence-electron chi connectivity index (χ2n) is 6.84. The zero-order valence-electron chi connectivity index (χ0n) is 15.5. The number of nitrogens with zero attached hydrogens (tertiary/aromatic N) is 2. The van der Waals surface area contributed by atoms with Crippen LogP contribution in [0.5, 0.6) is 5.75 Å². The van der Waals surface area contributed by atoms with E-state index in [0.29, 0.717) is 12.4 Å². The highest BCUT2D eigenvalue weighted by Crippen LogP contribution is 2.37. The number of hydrogen-bond donors (Lipinski definition) is 0. The fourth-order valence-electron chi connectivity index (χ4n) is 3.49. The van der Waals surface area contributed by atoms with E-state index < -0.39 is 0 Å². The van der Waals surface area contributed by atoms with Gasteiger partial charge in [0.1, 0.15) is 11.6 Å². The first kappa shape index (κ1) is 18.8. The minimum absolute atomic E-state index is 0.244. The molecule has 0 aromatic heterocycles. The summed E-state index contributed by atoms with van der Waals surface area (Å²) >= 11 is 3.66. The molecular formula is C23H22BrFN2O. The van der Waals surface area contributed by atoms with Gasteiger partial charge in [0.25, 0.3) is 0 Å². The summed E-state index contributed by atoms with van der Waals surface area (Å²) in [6.45, 7) is 3.23. The van der Waals surface area contributed by atoms with E-state index in [9.17, 15) is 4.39 Å². The van der Waals surface area contributed by atoms with Crippen molar-refractivity contribution < 1.29 is 9.13 Å². The third-order valence-electron chi connectivity index (χ3n) is 4.88. The molecule has 0 saturated carbocycles. The molecule has 0 bridgehead atoms. The van der Waals surface area contributed by atoms with Gasteiger partial charge in [-0.2, -0.15) is 0 Å². The first-order valence-electron chi connectivity index (χ1n) is 9.41. The highest BCUT2D eigenvalue weighted by molar-refractivity contribution is 9.10. The molecule has 3 nitrogen and oxygen atoms in total. The number of hydrogen-bond acceptors (Lipinski definition) is 3. The average Bonchev–Trinajstić information content (AvgIpc) is 3.06. The lowest BCUT2D eigenvalue weighted by molar-refractivity contribution is 0.311. The number of benzene rings is 3. The number of anilines is 2. The van der Waals surface area contributed by atoms with Gasteiger partial charge in [-0.25, -0.2) is 4.39 Å². The Morgan fingerprint density at radius 1 is 0.857 bits per heavy atom. The Labute approximate surface area is 173 Å². The highest BCUT2D eigenvalue weighted by Gasteiger charge is 2.25. The Morgan fingerprint density at radius 2 is 1.54 bits per heavy atom. The predicted molar refractivity (Wildman–Crippen MR) is 115 cm³/mol. The molecule has 4 rings (SSSR count). The van der Waals surface area contributed by atoms with E-state index in [-0.39, 0.29) is 5.82 Å². The van der Waals surface area contributed by atoms with Gasteiger partial charge in [0, 0.05) is 17.6 Å². The van der Waals surface area contributed by atoms with Crippen molar-refractivity contribution in [2.75, 3.05) is 29.6 Å². The summed E-state index contributed by atoms with van der Waals surface area (Å²) in [7, 11) is 0. The van der Waals surface area contributed by atoms with Gasteiger partial charge in [-0.15, -0.1) is 0 Å². The van der Waals surface area contributed by atoms with Gasteiger partial charge in [-0.3, -0.25) is 0 Å². The molecule has 0 unspecified atom stereocenters. The fourth-order valence-corrected chi connectivity index (χ4v) is 3.90. The molecule has 1 aliphatic heterocycles. The van der Waals surface area contributed by atoms with E-state index in [4.69, 9.17) is 4.74 Å². The number of para-hydroxylation sites is 2. The molecule has 0 N–H and O–H groups in total. The van der Waals surface area contributed by atoms with Gasteiger partial charge in [-0.05, 0) is 54.4 Å². The standard InChI is InChI=1S/C23H22BrFN2O/c24-21-7-2-1-6-18(21)16-27-17-26(22-8-3-4-9-23(22)27)14-5-15-28-20-12-10-19(25)11-13-20/h1-4,6-13H,5,14-17H2. The van der Waals surface area contributed by atoms with Gasteiger partial charge >= 0.3 is 0 Å². The maximum atomic E-state index is 13.0. The monoisotopic (exact) mass is 440 g/mol. The van der Waals surface area contributed by atoms with E-state index >= 15 is 0 Å². The molecule has 1 aliphatic rings. The summed E-state index contributed by atoms with van der Waals surface area (Å²) in [5, 5.41) is 0. The molecule has 5 heteroatoms. The molecule has 144 valence electrons. The maximum absolute atomic E-state index is 13.0. The summed E-state index contributed by atoms with van der Waals surface area (Å²) in [4.78, 5) is 4.79. The van der Waals surface area contributed by atoms with Crippen LogP contribution >= 0.6 is 15.9 Å². The highest BCUT2D eigenvalue weighted by atomic mass is 79.9. The normalized spacial score (nSPS) is 12.9. The predicted octanol–water partition coefficient (Wildman–Crippen LogP) is 5.84. The average molecular weight is 441 g/mol. The Bertz CT molecular complexity index is 932. The van der Waals surface area contributed by atoms with E-state index in [1.54, 1.807) is 12.1 Å². The number of fused-ring (bicyclic) bond motifs is 1. The molecule has 1 heterocycles. The molecule has 3 aromatic rings. The van der Waals surface area contributed by atoms with Crippen molar-refractivity contribution in [2.45, 2.75) is 13.0 Å². The smallest absolute Gasteiger partial charge is 0.123 e. The van der Waals surface area contributed by atoms with Crippen LogP contribution in [0.25, 0.3) is 0 Å². The van der Waals surface area contributed by atoms with Crippen LogP contribution in [-0.4, -0.2) is 19.8 Å². The molecule has 0 fully saturated rings. The molecule has 0 atom stereocenters. The van der Waals surface area contributed by atoms with Crippen LogP contribution in [0.4, 0.5) is 15.8 Å². The van der Waals surface area contributed by atoms with Gasteiger partial charge in [0.05, 0.1) is 24.7 Å². The molecule has 0 amide bonds. The van der Waals surface area contributed by atoms with E-state index in [0.717, 1.165) is 30.7 Å². The lowest BCUT2D eigenvalue weighted by Crippen LogP contribution is -2.31. The summed E-state index contributed by atoms with van der Waals surface area (Å²) < 4.78 is 19.8. The van der Waals surface area contributed by atoms with Crippen molar-refractivity contribution in [2.24, 2.45) is 0 Å². The zero-order valence-corrected chi connectivity index (χ0v) is 17.1. The molecule has 0 aliphatic carbocycles. The van der Waals surface area contributed by atoms with Crippen LogP contribution in [0.15, 0.2) is 77.3 Å². The molecule has 0 radical (unpaired) electrons. The minimum Gasteiger partial charge on any atom is -0.494 e. The van der Waals surface area contributed by atoms with E-state index in [1.165, 1.54) is 29.1 Å². The Balaban J connectivity index is 1.37. The maximum Gasteiger partial charge on any atom is 0.123 e. The summed E-state index contributed by atoms with van der Waals surface area (Å²) in [5.74, 6) is 0.463. The quantitative estimate of drug-likeness (QED) is 0.429. The molecule has 0 saturated heterocycles. The Hall–Kier alpha value is -2.53. The van der Waals surface area contributed by atoms with Crippen molar-refractivity contribution in [3.8, 4) is 5.75 Å². The van der Waals surface area contributed by atoms with Gasteiger partial charge < -0.3 is 14.5 Å². The van der Waals surface area contributed by atoms with Crippen LogP contribution in [0.1, 0.15) is 12.0 Å². The van der Waals surface area contributed by atoms with Crippen molar-refractivity contribution in [3.63, 3.8) is 0 Å². The molecule has 0 spiro atoms. The van der Waals surface area contributed by atoms with Crippen LogP contribution in [0.3, 0.4) is 0 Å². The SMILES string of the molecule is Fc1ccc(OCCCN2CN(Cc3ccccc3Br)c3ccccc32)cc1. The number of rotatable bonds is 7. The summed E-state index contributed by atoms with van der Waals surface area (Å²) in [5.41, 5.74) is 3.80. The minimum atomic E-state index is -0.244. The zero-order chi connectivity index (χ0) is 19.3. The first-order valence-corrected chi connectivity index (χ1v) is 10.2. The van der Waals surface area contributed by atoms with Crippen molar-refractivity contribution in [1.29, 1.82) is 0 Å². The Morgan fingerprint density at radius 3 is 2.29 bits per heavy atom. The third-order valence-corrected chi connectivity index (χ3v) is 5.65. The van der Waals surface area contributed by atoms with E-state index in [1.807, 2.05) is 6.07 Å². The second kappa shape index (κ2) is 8.65. The molecular weight excluding hydrogens is 419 g/mol. The van der Waals surface area contributed by atoms with Crippen molar-refractivity contribution in [3.05, 3.63) is 88.6 Å². The van der Waals surface area contributed by atoms with Crippen LogP contribution in [0, 0.1) is 5.82 Å². The van der Waals surface area contributed by atoms with Gasteiger partial charge in [-0.1, -0.05) is 46.3 Å². The fraction of sp³-hybridized carbons (Fsp3) is 0.217.